The number of rotatable bonds is 6. The number of carbonyl (C=O) groups excluding carboxylic acids is 2. The maximum Gasteiger partial charge on any atom is 0.338 e. The zero-order valence-electron chi connectivity index (χ0n) is 15.4. The fourth-order valence-electron chi connectivity index (χ4n) is 3.43. The van der Waals surface area contributed by atoms with Gasteiger partial charge in [0, 0.05) is 25.7 Å². The summed E-state index contributed by atoms with van der Waals surface area (Å²) in [6.07, 6.45) is 3.54. The van der Waals surface area contributed by atoms with E-state index >= 15 is 0 Å². The molecular formula is C20H28N2O4. The van der Waals surface area contributed by atoms with Gasteiger partial charge in [-0.2, -0.15) is 0 Å². The topological polar surface area (TPSA) is 67.9 Å². The van der Waals surface area contributed by atoms with Crippen LogP contribution in [0.2, 0.25) is 0 Å². The normalized spacial score (nSPS) is 19.9. The molecule has 1 atom stereocenters. The van der Waals surface area contributed by atoms with Crippen molar-refractivity contribution in [2.75, 3.05) is 26.3 Å². The van der Waals surface area contributed by atoms with Crippen LogP contribution in [0, 0.1) is 0 Å². The quantitative estimate of drug-likeness (QED) is 0.787. The summed E-state index contributed by atoms with van der Waals surface area (Å²) in [6, 6.07) is 7.63. The molecule has 26 heavy (non-hydrogen) atoms. The minimum absolute atomic E-state index is 0.214. The molecule has 3 rings (SSSR count). The van der Waals surface area contributed by atoms with E-state index < -0.39 is 12.1 Å². The van der Waals surface area contributed by atoms with Gasteiger partial charge in [-0.25, -0.2) is 4.79 Å². The molecule has 6 nitrogen and oxygen atoms in total. The van der Waals surface area contributed by atoms with Gasteiger partial charge in [-0.05, 0) is 37.5 Å². The minimum Gasteiger partial charge on any atom is -0.449 e. The van der Waals surface area contributed by atoms with Crippen molar-refractivity contribution < 1.29 is 19.1 Å². The second-order valence-corrected chi connectivity index (χ2v) is 7.12. The predicted molar refractivity (Wildman–Crippen MR) is 97.8 cm³/mol. The molecule has 6 heteroatoms. The average molecular weight is 360 g/mol. The smallest absolute Gasteiger partial charge is 0.338 e. The Balaban J connectivity index is 1.48. The lowest BCUT2D eigenvalue weighted by molar-refractivity contribution is -0.129. The second kappa shape index (κ2) is 9.14. The number of esters is 1. The third-order valence-electron chi connectivity index (χ3n) is 5.05. The maximum absolute atomic E-state index is 12.3. The Morgan fingerprint density at radius 1 is 1.19 bits per heavy atom. The van der Waals surface area contributed by atoms with Crippen molar-refractivity contribution in [3.8, 4) is 0 Å². The van der Waals surface area contributed by atoms with Gasteiger partial charge in [0.1, 0.15) is 0 Å². The number of morpholine rings is 1. The van der Waals surface area contributed by atoms with Gasteiger partial charge in [0.05, 0.1) is 18.8 Å². The van der Waals surface area contributed by atoms with Crippen molar-refractivity contribution in [1.82, 2.24) is 10.2 Å². The van der Waals surface area contributed by atoms with Crippen molar-refractivity contribution in [2.24, 2.45) is 0 Å². The SMILES string of the molecule is C[C@@H](OC(=O)c1ccc(CN2CCOCC2)cc1)C(=O)NC1CCCC1. The summed E-state index contributed by atoms with van der Waals surface area (Å²) in [5.41, 5.74) is 1.62. The van der Waals surface area contributed by atoms with Gasteiger partial charge in [0.25, 0.3) is 5.91 Å². The lowest BCUT2D eigenvalue weighted by atomic mass is 10.1. The van der Waals surface area contributed by atoms with Crippen molar-refractivity contribution in [3.05, 3.63) is 35.4 Å². The Hall–Kier alpha value is -1.92. The van der Waals surface area contributed by atoms with Gasteiger partial charge in [-0.1, -0.05) is 25.0 Å². The molecule has 1 aromatic rings. The Bertz CT molecular complexity index is 605. The fourth-order valence-corrected chi connectivity index (χ4v) is 3.43. The van der Waals surface area contributed by atoms with Crippen LogP contribution >= 0.6 is 0 Å². The number of amides is 1. The first-order chi connectivity index (χ1) is 12.6. The Morgan fingerprint density at radius 2 is 1.85 bits per heavy atom. The molecule has 1 N–H and O–H groups in total. The molecule has 0 spiro atoms. The number of nitrogens with zero attached hydrogens (tertiary/aromatic N) is 1. The van der Waals surface area contributed by atoms with Crippen molar-refractivity contribution in [2.45, 2.75) is 51.3 Å². The van der Waals surface area contributed by atoms with Crippen LogP contribution in [0.3, 0.4) is 0 Å². The van der Waals surface area contributed by atoms with Crippen LogP contribution in [-0.2, 0) is 20.8 Å². The van der Waals surface area contributed by atoms with Crippen LogP contribution in [0.1, 0.15) is 48.5 Å². The maximum atomic E-state index is 12.3. The highest BCUT2D eigenvalue weighted by molar-refractivity contribution is 5.92. The second-order valence-electron chi connectivity index (χ2n) is 7.12. The summed E-state index contributed by atoms with van der Waals surface area (Å²) >= 11 is 0. The molecule has 0 aromatic heterocycles. The summed E-state index contributed by atoms with van der Waals surface area (Å²) < 4.78 is 10.7. The molecule has 1 heterocycles. The van der Waals surface area contributed by atoms with Crippen molar-refractivity contribution >= 4 is 11.9 Å². The number of carbonyl (C=O) groups is 2. The van der Waals surface area contributed by atoms with Crippen LogP contribution in [0.25, 0.3) is 0 Å². The number of hydrogen-bond acceptors (Lipinski definition) is 5. The molecule has 2 aliphatic rings. The van der Waals surface area contributed by atoms with Crippen LogP contribution in [0.5, 0.6) is 0 Å². The van der Waals surface area contributed by atoms with E-state index in [4.69, 9.17) is 9.47 Å². The molecule has 1 aliphatic carbocycles. The van der Waals surface area contributed by atoms with Gasteiger partial charge in [-0.15, -0.1) is 0 Å². The highest BCUT2D eigenvalue weighted by Crippen LogP contribution is 2.18. The zero-order chi connectivity index (χ0) is 18.4. The summed E-state index contributed by atoms with van der Waals surface area (Å²) in [4.78, 5) is 26.7. The summed E-state index contributed by atoms with van der Waals surface area (Å²) in [7, 11) is 0. The molecule has 1 amide bonds. The molecule has 1 aromatic carbocycles. The molecule has 0 bridgehead atoms. The number of hydrogen-bond donors (Lipinski definition) is 1. The van der Waals surface area contributed by atoms with Crippen LogP contribution in [-0.4, -0.2) is 55.2 Å². The lowest BCUT2D eigenvalue weighted by Gasteiger charge is -2.26. The standard InChI is InChI=1S/C20H28N2O4/c1-15(19(23)21-18-4-2-3-5-18)26-20(24)17-8-6-16(7-9-17)14-22-10-12-25-13-11-22/h6-9,15,18H,2-5,10-14H2,1H3,(H,21,23)/t15-/m1/s1. The van der Waals surface area contributed by atoms with E-state index in [1.807, 2.05) is 12.1 Å². The minimum atomic E-state index is -0.781. The Kier molecular flexibility index (Phi) is 6.63. The first kappa shape index (κ1) is 18.9. The molecule has 2 fully saturated rings. The Morgan fingerprint density at radius 3 is 2.50 bits per heavy atom. The van der Waals surface area contributed by atoms with Gasteiger partial charge >= 0.3 is 5.97 Å². The molecule has 142 valence electrons. The van der Waals surface area contributed by atoms with E-state index in [0.717, 1.165) is 64.1 Å². The number of ether oxygens (including phenoxy) is 2. The van der Waals surface area contributed by atoms with E-state index in [2.05, 4.69) is 10.2 Å². The first-order valence-corrected chi connectivity index (χ1v) is 9.52. The summed E-state index contributed by atoms with van der Waals surface area (Å²) in [6.45, 7) is 5.86. The molecule has 0 unspecified atom stereocenters. The molecule has 1 saturated heterocycles. The van der Waals surface area contributed by atoms with Gasteiger partial charge in [0.2, 0.25) is 0 Å². The van der Waals surface area contributed by atoms with Gasteiger partial charge in [0.15, 0.2) is 6.10 Å². The number of nitrogens with one attached hydrogen (secondary N) is 1. The summed E-state index contributed by atoms with van der Waals surface area (Å²) in [5.74, 6) is -0.675. The summed E-state index contributed by atoms with van der Waals surface area (Å²) in [5, 5.41) is 2.96. The molecular weight excluding hydrogens is 332 g/mol. The largest absolute Gasteiger partial charge is 0.449 e. The van der Waals surface area contributed by atoms with E-state index in [1.54, 1.807) is 19.1 Å². The van der Waals surface area contributed by atoms with Crippen LogP contribution in [0.4, 0.5) is 0 Å². The lowest BCUT2D eigenvalue weighted by Crippen LogP contribution is -2.40. The van der Waals surface area contributed by atoms with E-state index in [0.29, 0.717) is 5.56 Å². The van der Waals surface area contributed by atoms with E-state index in [9.17, 15) is 9.59 Å². The van der Waals surface area contributed by atoms with Crippen LogP contribution in [0.15, 0.2) is 24.3 Å². The molecule has 0 radical (unpaired) electrons. The van der Waals surface area contributed by atoms with E-state index in [1.165, 1.54) is 0 Å². The third-order valence-corrected chi connectivity index (χ3v) is 5.05. The average Bonchev–Trinajstić information content (AvgIpc) is 3.16. The molecule has 1 saturated carbocycles. The Labute approximate surface area is 154 Å². The van der Waals surface area contributed by atoms with Crippen molar-refractivity contribution in [1.29, 1.82) is 0 Å². The highest BCUT2D eigenvalue weighted by atomic mass is 16.5. The van der Waals surface area contributed by atoms with Gasteiger partial charge in [-0.3, -0.25) is 9.69 Å². The fraction of sp³-hybridized carbons (Fsp3) is 0.600. The monoisotopic (exact) mass is 360 g/mol. The van der Waals surface area contributed by atoms with Crippen LogP contribution < -0.4 is 5.32 Å². The molecule has 1 aliphatic heterocycles. The van der Waals surface area contributed by atoms with Gasteiger partial charge < -0.3 is 14.8 Å². The zero-order valence-corrected chi connectivity index (χ0v) is 15.4. The third kappa shape index (κ3) is 5.29. The number of benzene rings is 1. The van der Waals surface area contributed by atoms with Crippen molar-refractivity contribution in [3.63, 3.8) is 0 Å². The highest BCUT2D eigenvalue weighted by Gasteiger charge is 2.23. The first-order valence-electron chi connectivity index (χ1n) is 9.52. The predicted octanol–water partition coefficient (Wildman–Crippen LogP) is 2.12. The van der Waals surface area contributed by atoms with E-state index in [-0.39, 0.29) is 11.9 Å².